The van der Waals surface area contributed by atoms with Crippen molar-refractivity contribution in [3.63, 3.8) is 0 Å². The van der Waals surface area contributed by atoms with E-state index in [1.807, 2.05) is 7.11 Å². The second kappa shape index (κ2) is 5.65. The van der Waals surface area contributed by atoms with E-state index in [4.69, 9.17) is 15.3 Å². The van der Waals surface area contributed by atoms with Crippen LogP contribution in [0, 0.1) is 11.8 Å². The van der Waals surface area contributed by atoms with Gasteiger partial charge in [-0.1, -0.05) is 6.92 Å². The Labute approximate surface area is 104 Å². The summed E-state index contributed by atoms with van der Waals surface area (Å²) in [5.41, 5.74) is 2.93. The predicted molar refractivity (Wildman–Crippen MR) is 67.4 cm³/mol. The third-order valence-electron chi connectivity index (χ3n) is 4.71. The lowest BCUT2D eigenvalue weighted by atomic mass is 9.72. The quantitative estimate of drug-likeness (QED) is 0.579. The van der Waals surface area contributed by atoms with Crippen LogP contribution >= 0.6 is 0 Å². The summed E-state index contributed by atoms with van der Waals surface area (Å²) in [6.45, 7) is 4.00. The van der Waals surface area contributed by atoms with E-state index in [9.17, 15) is 0 Å². The van der Waals surface area contributed by atoms with Gasteiger partial charge in [-0.3, -0.25) is 11.3 Å². The molecule has 0 aromatic rings. The molecule has 1 saturated carbocycles. The van der Waals surface area contributed by atoms with Gasteiger partial charge in [0.05, 0.1) is 18.2 Å². The molecule has 1 saturated heterocycles. The van der Waals surface area contributed by atoms with Crippen molar-refractivity contribution in [3.05, 3.63) is 0 Å². The Morgan fingerprint density at radius 2 is 2.06 bits per heavy atom. The van der Waals surface area contributed by atoms with Gasteiger partial charge in [-0.2, -0.15) is 0 Å². The van der Waals surface area contributed by atoms with Crippen molar-refractivity contribution in [2.24, 2.45) is 17.7 Å². The summed E-state index contributed by atoms with van der Waals surface area (Å²) in [4.78, 5) is 0. The molecule has 2 fully saturated rings. The Balaban J connectivity index is 2.08. The van der Waals surface area contributed by atoms with Crippen molar-refractivity contribution in [3.8, 4) is 0 Å². The van der Waals surface area contributed by atoms with E-state index in [-0.39, 0.29) is 11.6 Å². The molecule has 0 aromatic heterocycles. The average molecular weight is 242 g/mol. The minimum absolute atomic E-state index is 0.0837. The average Bonchev–Trinajstić information content (AvgIpc) is 2.86. The van der Waals surface area contributed by atoms with Crippen LogP contribution < -0.4 is 11.3 Å². The van der Waals surface area contributed by atoms with Crippen molar-refractivity contribution >= 4 is 0 Å². The first-order valence-electron chi connectivity index (χ1n) is 6.81. The summed E-state index contributed by atoms with van der Waals surface area (Å²) in [7, 11) is 1.83. The lowest BCUT2D eigenvalue weighted by Crippen LogP contribution is -2.59. The van der Waals surface area contributed by atoms with Crippen molar-refractivity contribution in [2.45, 2.75) is 50.7 Å². The second-order valence-electron chi connectivity index (χ2n) is 5.72. The van der Waals surface area contributed by atoms with Gasteiger partial charge < -0.3 is 9.47 Å². The Kier molecular flexibility index (Phi) is 4.42. The van der Waals surface area contributed by atoms with Crippen LogP contribution in [0.2, 0.25) is 0 Å². The van der Waals surface area contributed by atoms with Gasteiger partial charge in [-0.05, 0) is 38.0 Å². The molecule has 0 aromatic carbocycles. The van der Waals surface area contributed by atoms with E-state index in [1.54, 1.807) is 0 Å². The molecule has 0 amide bonds. The second-order valence-corrected chi connectivity index (χ2v) is 5.72. The zero-order valence-corrected chi connectivity index (χ0v) is 11.1. The van der Waals surface area contributed by atoms with Crippen molar-refractivity contribution in [1.29, 1.82) is 0 Å². The maximum atomic E-state index is 5.89. The van der Waals surface area contributed by atoms with Crippen LogP contribution in [0.5, 0.6) is 0 Å². The maximum Gasteiger partial charge on any atom is 0.0848 e. The molecule has 100 valence electrons. The van der Waals surface area contributed by atoms with Crippen molar-refractivity contribution < 1.29 is 9.47 Å². The molecular weight excluding hydrogens is 216 g/mol. The van der Waals surface area contributed by atoms with Gasteiger partial charge in [-0.25, -0.2) is 0 Å². The van der Waals surface area contributed by atoms with Crippen LogP contribution in [0.25, 0.3) is 0 Å². The van der Waals surface area contributed by atoms with Crippen LogP contribution in [-0.4, -0.2) is 32.0 Å². The highest BCUT2D eigenvalue weighted by Crippen LogP contribution is 2.40. The normalized spacial score (nSPS) is 40.4. The van der Waals surface area contributed by atoms with Crippen molar-refractivity contribution in [1.82, 2.24) is 5.43 Å². The van der Waals surface area contributed by atoms with Crippen LogP contribution in [0.1, 0.15) is 39.0 Å². The Morgan fingerprint density at radius 1 is 1.35 bits per heavy atom. The molecule has 1 aliphatic carbocycles. The van der Waals surface area contributed by atoms with Gasteiger partial charge in [-0.15, -0.1) is 0 Å². The standard InChI is InChI=1S/C13H26N2O2/c1-10-3-6-13(16-2,7-4-10)12(15-14)11-5-8-17-9-11/h10-12,15H,3-9,14H2,1-2H3. The van der Waals surface area contributed by atoms with E-state index < -0.39 is 0 Å². The first kappa shape index (κ1) is 13.3. The summed E-state index contributed by atoms with van der Waals surface area (Å²) in [6.07, 6.45) is 5.78. The molecule has 2 rings (SSSR count). The fourth-order valence-electron chi connectivity index (χ4n) is 3.43. The number of hydrogen-bond donors (Lipinski definition) is 2. The Bertz CT molecular complexity index is 234. The molecule has 2 atom stereocenters. The molecule has 0 bridgehead atoms. The van der Waals surface area contributed by atoms with E-state index in [0.717, 1.165) is 38.4 Å². The molecule has 1 aliphatic heterocycles. The maximum absolute atomic E-state index is 5.89. The molecule has 3 N–H and O–H groups in total. The first-order chi connectivity index (χ1) is 8.22. The van der Waals surface area contributed by atoms with Crippen LogP contribution in [0.15, 0.2) is 0 Å². The summed E-state index contributed by atoms with van der Waals surface area (Å²) in [6, 6.07) is 0.225. The highest BCUT2D eigenvalue weighted by Gasteiger charge is 2.45. The fraction of sp³-hybridized carbons (Fsp3) is 1.00. The highest BCUT2D eigenvalue weighted by atomic mass is 16.5. The fourth-order valence-corrected chi connectivity index (χ4v) is 3.43. The highest BCUT2D eigenvalue weighted by molar-refractivity contribution is 4.99. The summed E-state index contributed by atoms with van der Waals surface area (Å²) in [5.74, 6) is 7.10. The zero-order valence-electron chi connectivity index (χ0n) is 11.1. The number of nitrogens with one attached hydrogen (secondary N) is 1. The smallest absolute Gasteiger partial charge is 0.0848 e. The monoisotopic (exact) mass is 242 g/mol. The summed E-state index contributed by atoms with van der Waals surface area (Å²) in [5, 5.41) is 0. The summed E-state index contributed by atoms with van der Waals surface area (Å²) < 4.78 is 11.4. The van der Waals surface area contributed by atoms with E-state index in [2.05, 4.69) is 12.3 Å². The zero-order chi connectivity index (χ0) is 12.3. The molecule has 2 aliphatic rings. The van der Waals surface area contributed by atoms with Gasteiger partial charge in [0.15, 0.2) is 0 Å². The molecule has 17 heavy (non-hydrogen) atoms. The third-order valence-corrected chi connectivity index (χ3v) is 4.71. The Hall–Kier alpha value is -0.160. The number of methoxy groups -OCH3 is 1. The molecular formula is C13H26N2O2. The summed E-state index contributed by atoms with van der Waals surface area (Å²) >= 11 is 0. The number of rotatable bonds is 4. The number of hydrogen-bond acceptors (Lipinski definition) is 4. The topological polar surface area (TPSA) is 56.5 Å². The van der Waals surface area contributed by atoms with Gasteiger partial charge in [0, 0.05) is 19.6 Å². The first-order valence-corrected chi connectivity index (χ1v) is 6.81. The van der Waals surface area contributed by atoms with Crippen molar-refractivity contribution in [2.75, 3.05) is 20.3 Å². The van der Waals surface area contributed by atoms with Gasteiger partial charge in [0.2, 0.25) is 0 Å². The molecule has 0 spiro atoms. The minimum atomic E-state index is -0.0837. The van der Waals surface area contributed by atoms with Crippen LogP contribution in [0.4, 0.5) is 0 Å². The minimum Gasteiger partial charge on any atom is -0.381 e. The lowest BCUT2D eigenvalue weighted by Gasteiger charge is -2.45. The molecule has 4 nitrogen and oxygen atoms in total. The van der Waals surface area contributed by atoms with Gasteiger partial charge in [0.1, 0.15) is 0 Å². The van der Waals surface area contributed by atoms with E-state index in [1.165, 1.54) is 12.8 Å². The van der Waals surface area contributed by atoms with Gasteiger partial charge in [0.25, 0.3) is 0 Å². The van der Waals surface area contributed by atoms with Crippen LogP contribution in [-0.2, 0) is 9.47 Å². The molecule has 2 unspecified atom stereocenters. The number of ether oxygens (including phenoxy) is 2. The third kappa shape index (κ3) is 2.65. The predicted octanol–water partition coefficient (Wildman–Crippen LogP) is 1.45. The SMILES string of the molecule is COC1(C(NN)C2CCOC2)CCC(C)CC1. The van der Waals surface area contributed by atoms with E-state index in [0.29, 0.717) is 5.92 Å². The van der Waals surface area contributed by atoms with Gasteiger partial charge >= 0.3 is 0 Å². The lowest BCUT2D eigenvalue weighted by molar-refractivity contribution is -0.0887. The molecule has 4 heteroatoms. The van der Waals surface area contributed by atoms with Crippen LogP contribution in [0.3, 0.4) is 0 Å². The molecule has 1 heterocycles. The number of nitrogens with two attached hydrogens (primary N) is 1. The molecule has 0 radical (unpaired) electrons. The van der Waals surface area contributed by atoms with E-state index >= 15 is 0 Å². The Morgan fingerprint density at radius 3 is 2.53 bits per heavy atom. The largest absolute Gasteiger partial charge is 0.381 e. The number of hydrazine groups is 1.